The fourth-order valence-electron chi connectivity index (χ4n) is 0.855. The minimum Gasteiger partial charge on any atom is -0.466 e. The molecule has 0 aromatic rings. The third-order valence-electron chi connectivity index (χ3n) is 1.58. The molecule has 0 bridgehead atoms. The first-order valence-electron chi connectivity index (χ1n) is 4.30. The van der Waals surface area contributed by atoms with E-state index in [9.17, 15) is 4.79 Å². The molecule has 76 valence electrons. The van der Waals surface area contributed by atoms with Crippen LogP contribution in [0.5, 0.6) is 0 Å². The maximum Gasteiger partial charge on any atom is 0.333 e. The minimum absolute atomic E-state index is 0.247. The summed E-state index contributed by atoms with van der Waals surface area (Å²) in [4.78, 5) is 11.1. The van der Waals surface area contributed by atoms with Crippen LogP contribution < -0.4 is 5.43 Å². The molecule has 0 aromatic heterocycles. The standard InChI is InChI=1S/C9H18N2O2/c1-5-8(9(12)13-4)6-7-10-11(2)3/h6,10H,5,7H2,1-4H3. The molecule has 0 fully saturated rings. The quantitative estimate of drug-likeness (QED) is 0.387. The van der Waals surface area contributed by atoms with Gasteiger partial charge in [0.05, 0.1) is 7.11 Å². The molecular formula is C9H18N2O2. The van der Waals surface area contributed by atoms with Crippen molar-refractivity contribution in [2.24, 2.45) is 0 Å². The lowest BCUT2D eigenvalue weighted by Gasteiger charge is -2.09. The molecule has 0 heterocycles. The van der Waals surface area contributed by atoms with Gasteiger partial charge in [0, 0.05) is 26.2 Å². The average molecular weight is 186 g/mol. The lowest BCUT2D eigenvalue weighted by molar-refractivity contribution is -0.136. The smallest absolute Gasteiger partial charge is 0.333 e. The number of hydrogen-bond donors (Lipinski definition) is 1. The van der Waals surface area contributed by atoms with E-state index in [4.69, 9.17) is 0 Å². The van der Waals surface area contributed by atoms with Crippen molar-refractivity contribution < 1.29 is 9.53 Å². The van der Waals surface area contributed by atoms with Gasteiger partial charge >= 0.3 is 5.97 Å². The van der Waals surface area contributed by atoms with Crippen molar-refractivity contribution in [1.82, 2.24) is 10.4 Å². The number of nitrogens with zero attached hydrogens (tertiary/aromatic N) is 1. The molecule has 0 aliphatic heterocycles. The van der Waals surface area contributed by atoms with E-state index in [1.54, 1.807) is 0 Å². The number of ether oxygens (including phenoxy) is 1. The Kier molecular flexibility index (Phi) is 6.18. The molecular weight excluding hydrogens is 168 g/mol. The minimum atomic E-state index is -0.247. The second kappa shape index (κ2) is 6.62. The third kappa shape index (κ3) is 5.38. The monoisotopic (exact) mass is 186 g/mol. The number of hydrogen-bond acceptors (Lipinski definition) is 4. The highest BCUT2D eigenvalue weighted by Crippen LogP contribution is 2.01. The van der Waals surface area contributed by atoms with Crippen LogP contribution in [0.15, 0.2) is 11.6 Å². The fourth-order valence-corrected chi connectivity index (χ4v) is 0.855. The molecule has 0 amide bonds. The van der Waals surface area contributed by atoms with Gasteiger partial charge < -0.3 is 4.74 Å². The summed E-state index contributed by atoms with van der Waals surface area (Å²) in [5, 5.41) is 1.83. The van der Waals surface area contributed by atoms with E-state index in [1.807, 2.05) is 32.1 Å². The van der Waals surface area contributed by atoms with Gasteiger partial charge in [0.1, 0.15) is 0 Å². The highest BCUT2D eigenvalue weighted by atomic mass is 16.5. The Morgan fingerprint density at radius 3 is 2.54 bits per heavy atom. The van der Waals surface area contributed by atoms with Crippen LogP contribution in [0.1, 0.15) is 13.3 Å². The topological polar surface area (TPSA) is 41.6 Å². The highest BCUT2D eigenvalue weighted by molar-refractivity contribution is 5.88. The van der Waals surface area contributed by atoms with Crippen molar-refractivity contribution in [1.29, 1.82) is 0 Å². The van der Waals surface area contributed by atoms with Crippen LogP contribution in [0.3, 0.4) is 0 Å². The van der Waals surface area contributed by atoms with Gasteiger partial charge in [-0.2, -0.15) is 0 Å². The third-order valence-corrected chi connectivity index (χ3v) is 1.58. The maximum atomic E-state index is 11.1. The number of carbonyl (C=O) groups excluding carboxylic acids is 1. The molecule has 0 spiro atoms. The predicted molar refractivity (Wildman–Crippen MR) is 52.1 cm³/mol. The molecule has 0 unspecified atom stereocenters. The summed E-state index contributed by atoms with van der Waals surface area (Å²) in [6.45, 7) is 2.57. The predicted octanol–water partition coefficient (Wildman–Crippen LogP) is 0.562. The summed E-state index contributed by atoms with van der Waals surface area (Å²) in [5.74, 6) is -0.247. The van der Waals surface area contributed by atoms with Gasteiger partial charge in [0.15, 0.2) is 0 Å². The first-order chi connectivity index (χ1) is 6.11. The van der Waals surface area contributed by atoms with E-state index in [1.165, 1.54) is 7.11 Å². The Bertz CT molecular complexity index is 188. The molecule has 0 atom stereocenters. The molecule has 0 rings (SSSR count). The summed E-state index contributed by atoms with van der Waals surface area (Å²) >= 11 is 0. The molecule has 0 saturated heterocycles. The molecule has 0 aromatic carbocycles. The number of esters is 1. The maximum absolute atomic E-state index is 11.1. The Labute approximate surface area is 79.5 Å². The molecule has 1 N–H and O–H groups in total. The van der Waals surface area contributed by atoms with Crippen LogP contribution in [-0.2, 0) is 9.53 Å². The van der Waals surface area contributed by atoms with E-state index >= 15 is 0 Å². The first kappa shape index (κ1) is 12.1. The van der Waals surface area contributed by atoms with Crippen LogP contribution in [0.25, 0.3) is 0 Å². The normalized spacial score (nSPS) is 11.9. The van der Waals surface area contributed by atoms with Gasteiger partial charge in [-0.3, -0.25) is 10.4 Å². The molecule has 13 heavy (non-hydrogen) atoms. The van der Waals surface area contributed by atoms with Gasteiger partial charge in [-0.25, -0.2) is 4.79 Å². The summed E-state index contributed by atoms with van der Waals surface area (Å²) < 4.78 is 4.61. The summed E-state index contributed by atoms with van der Waals surface area (Å²) in [6, 6.07) is 0. The van der Waals surface area contributed by atoms with Crippen molar-refractivity contribution >= 4 is 5.97 Å². The molecule has 0 radical (unpaired) electrons. The number of methoxy groups -OCH3 is 1. The largest absolute Gasteiger partial charge is 0.466 e. The molecule has 0 aliphatic carbocycles. The lowest BCUT2D eigenvalue weighted by Crippen LogP contribution is -2.30. The van der Waals surface area contributed by atoms with Crippen molar-refractivity contribution in [2.75, 3.05) is 27.7 Å². The number of rotatable bonds is 5. The zero-order valence-corrected chi connectivity index (χ0v) is 8.76. The zero-order valence-electron chi connectivity index (χ0n) is 8.76. The summed E-state index contributed by atoms with van der Waals surface area (Å²) in [5.41, 5.74) is 3.74. The Morgan fingerprint density at radius 1 is 1.54 bits per heavy atom. The van der Waals surface area contributed by atoms with E-state index in [0.717, 1.165) is 0 Å². The number of nitrogens with one attached hydrogen (secondary N) is 1. The van der Waals surface area contributed by atoms with Gasteiger partial charge in [0.25, 0.3) is 0 Å². The van der Waals surface area contributed by atoms with Crippen LogP contribution in [-0.4, -0.2) is 38.7 Å². The van der Waals surface area contributed by atoms with E-state index in [2.05, 4.69) is 10.2 Å². The van der Waals surface area contributed by atoms with Crippen LogP contribution in [0.2, 0.25) is 0 Å². The van der Waals surface area contributed by atoms with Crippen LogP contribution >= 0.6 is 0 Å². The summed E-state index contributed by atoms with van der Waals surface area (Å²) in [7, 11) is 5.19. The molecule has 4 heteroatoms. The first-order valence-corrected chi connectivity index (χ1v) is 4.30. The SMILES string of the molecule is CCC(=CCNN(C)C)C(=O)OC. The van der Waals surface area contributed by atoms with Crippen LogP contribution in [0.4, 0.5) is 0 Å². The second-order valence-corrected chi connectivity index (χ2v) is 2.83. The Balaban J connectivity index is 4.00. The second-order valence-electron chi connectivity index (χ2n) is 2.83. The molecule has 0 saturated carbocycles. The van der Waals surface area contributed by atoms with Crippen molar-refractivity contribution in [3.05, 3.63) is 11.6 Å². The fraction of sp³-hybridized carbons (Fsp3) is 0.667. The van der Waals surface area contributed by atoms with Gasteiger partial charge in [0.2, 0.25) is 0 Å². The van der Waals surface area contributed by atoms with Crippen LogP contribution in [0, 0.1) is 0 Å². The van der Waals surface area contributed by atoms with E-state index in [0.29, 0.717) is 18.5 Å². The van der Waals surface area contributed by atoms with E-state index in [-0.39, 0.29) is 5.97 Å². The number of carbonyl (C=O) groups is 1. The number of hydrazine groups is 1. The van der Waals surface area contributed by atoms with Gasteiger partial charge in [-0.05, 0) is 6.42 Å². The van der Waals surface area contributed by atoms with Gasteiger partial charge in [-0.15, -0.1) is 0 Å². The molecule has 0 aliphatic rings. The zero-order chi connectivity index (χ0) is 10.3. The van der Waals surface area contributed by atoms with Gasteiger partial charge in [-0.1, -0.05) is 13.0 Å². The highest BCUT2D eigenvalue weighted by Gasteiger charge is 2.05. The average Bonchev–Trinajstić information content (AvgIpc) is 2.11. The Hall–Kier alpha value is -0.870. The molecule has 4 nitrogen and oxygen atoms in total. The lowest BCUT2D eigenvalue weighted by atomic mass is 10.2. The van der Waals surface area contributed by atoms with E-state index < -0.39 is 0 Å². The van der Waals surface area contributed by atoms with Crippen molar-refractivity contribution in [3.63, 3.8) is 0 Å². The summed E-state index contributed by atoms with van der Waals surface area (Å²) in [6.07, 6.45) is 2.54. The Morgan fingerprint density at radius 2 is 2.15 bits per heavy atom. The van der Waals surface area contributed by atoms with Crippen molar-refractivity contribution in [3.8, 4) is 0 Å². The van der Waals surface area contributed by atoms with Crippen molar-refractivity contribution in [2.45, 2.75) is 13.3 Å².